The highest BCUT2D eigenvalue weighted by molar-refractivity contribution is 5.37. The van der Waals surface area contributed by atoms with E-state index < -0.39 is 0 Å². The van der Waals surface area contributed by atoms with Crippen molar-refractivity contribution in [3.8, 4) is 5.75 Å². The summed E-state index contributed by atoms with van der Waals surface area (Å²) in [5, 5.41) is 17.5. The van der Waals surface area contributed by atoms with Crippen LogP contribution in [0.25, 0.3) is 0 Å². The molecule has 0 bridgehead atoms. The van der Waals surface area contributed by atoms with Gasteiger partial charge in [-0.2, -0.15) is 0 Å². The minimum absolute atomic E-state index is 0.0606. The first-order chi connectivity index (χ1) is 13.1. The number of aliphatic hydroxyl groups excluding tert-OH is 1. The molecule has 27 heavy (non-hydrogen) atoms. The lowest BCUT2D eigenvalue weighted by molar-refractivity contribution is 0.173. The van der Waals surface area contributed by atoms with Crippen molar-refractivity contribution in [1.82, 2.24) is 19.7 Å². The molecule has 0 spiro atoms. The molecule has 0 atom stereocenters. The van der Waals surface area contributed by atoms with Gasteiger partial charge in [0.1, 0.15) is 18.2 Å². The Balaban J connectivity index is 1.53. The fraction of sp³-hybridized carbons (Fsp3) is 0.600. The quantitative estimate of drug-likeness (QED) is 0.761. The maximum atomic E-state index is 9.25. The first-order valence-electron chi connectivity index (χ1n) is 9.49. The number of aliphatic hydroxyl groups is 1. The van der Waals surface area contributed by atoms with Gasteiger partial charge in [0.2, 0.25) is 0 Å². The Bertz CT molecular complexity index is 739. The summed E-state index contributed by atoms with van der Waals surface area (Å²) in [6, 6.07) is 6.35. The molecule has 0 amide bonds. The van der Waals surface area contributed by atoms with E-state index >= 15 is 0 Å². The van der Waals surface area contributed by atoms with Crippen molar-refractivity contribution in [3.63, 3.8) is 0 Å². The molecule has 148 valence electrons. The van der Waals surface area contributed by atoms with Crippen LogP contribution in [-0.2, 0) is 38.0 Å². The lowest BCUT2D eigenvalue weighted by Gasteiger charge is -2.32. The molecular formula is C20H30N4O3. The normalized spacial score (nSPS) is 16.0. The third kappa shape index (κ3) is 4.86. The molecule has 1 aliphatic rings. The lowest BCUT2D eigenvalue weighted by Crippen LogP contribution is -2.34. The van der Waals surface area contributed by atoms with Crippen molar-refractivity contribution in [2.24, 2.45) is 13.0 Å². The summed E-state index contributed by atoms with van der Waals surface area (Å²) in [5.41, 5.74) is 2.39. The monoisotopic (exact) mass is 374 g/mol. The number of piperidine rings is 1. The lowest BCUT2D eigenvalue weighted by atomic mass is 9.93. The summed E-state index contributed by atoms with van der Waals surface area (Å²) in [6.45, 7) is 3.62. The van der Waals surface area contributed by atoms with E-state index in [1.54, 1.807) is 14.2 Å². The minimum Gasteiger partial charge on any atom is -0.496 e. The minimum atomic E-state index is -0.0606. The molecule has 0 aliphatic carbocycles. The summed E-state index contributed by atoms with van der Waals surface area (Å²) in [5.74, 6) is 3.10. The van der Waals surface area contributed by atoms with Crippen LogP contribution < -0.4 is 4.74 Å². The van der Waals surface area contributed by atoms with Crippen LogP contribution in [0.4, 0.5) is 0 Å². The van der Waals surface area contributed by atoms with Crippen LogP contribution in [-0.4, -0.2) is 52.1 Å². The molecule has 3 rings (SSSR count). The van der Waals surface area contributed by atoms with Gasteiger partial charge in [0, 0.05) is 32.7 Å². The molecule has 1 aromatic heterocycles. The summed E-state index contributed by atoms with van der Waals surface area (Å²) in [7, 11) is 5.33. The van der Waals surface area contributed by atoms with Crippen LogP contribution >= 0.6 is 0 Å². The Morgan fingerprint density at radius 3 is 2.52 bits per heavy atom. The number of hydrogen-bond donors (Lipinski definition) is 1. The van der Waals surface area contributed by atoms with Gasteiger partial charge in [-0.3, -0.25) is 4.90 Å². The SMILES string of the molecule is COCc1cc(CN2CCC(Cc3nnc(CO)n3C)CC2)ccc1OC. The van der Waals surface area contributed by atoms with Crippen molar-refractivity contribution in [3.05, 3.63) is 41.0 Å². The Labute approximate surface area is 160 Å². The number of benzene rings is 1. The van der Waals surface area contributed by atoms with Gasteiger partial charge in [-0.05, 0) is 49.5 Å². The van der Waals surface area contributed by atoms with Crippen molar-refractivity contribution in [1.29, 1.82) is 0 Å². The van der Waals surface area contributed by atoms with Crippen LogP contribution in [0.5, 0.6) is 5.75 Å². The molecular weight excluding hydrogens is 344 g/mol. The molecule has 1 aromatic carbocycles. The molecule has 1 saturated heterocycles. The highest BCUT2D eigenvalue weighted by Crippen LogP contribution is 2.25. The van der Waals surface area contributed by atoms with Crippen LogP contribution in [0, 0.1) is 5.92 Å². The van der Waals surface area contributed by atoms with Gasteiger partial charge in [0.15, 0.2) is 5.82 Å². The molecule has 7 nitrogen and oxygen atoms in total. The predicted octanol–water partition coefficient (Wildman–Crippen LogP) is 1.92. The maximum Gasteiger partial charge on any atom is 0.158 e. The topological polar surface area (TPSA) is 72.6 Å². The first-order valence-corrected chi connectivity index (χ1v) is 9.49. The molecule has 1 N–H and O–H groups in total. The third-order valence-electron chi connectivity index (χ3n) is 5.43. The highest BCUT2D eigenvalue weighted by Gasteiger charge is 2.22. The molecule has 0 radical (unpaired) electrons. The van der Waals surface area contributed by atoms with E-state index in [0.29, 0.717) is 18.3 Å². The van der Waals surface area contributed by atoms with E-state index in [9.17, 15) is 5.11 Å². The van der Waals surface area contributed by atoms with Gasteiger partial charge in [-0.15, -0.1) is 10.2 Å². The number of rotatable bonds is 8. The Morgan fingerprint density at radius 2 is 1.89 bits per heavy atom. The van der Waals surface area contributed by atoms with Gasteiger partial charge in [-0.1, -0.05) is 6.07 Å². The van der Waals surface area contributed by atoms with Crippen molar-refractivity contribution >= 4 is 0 Å². The molecule has 1 aliphatic heterocycles. The first kappa shape index (κ1) is 19.8. The second-order valence-electron chi connectivity index (χ2n) is 7.25. The second kappa shape index (κ2) is 9.30. The Kier molecular flexibility index (Phi) is 6.82. The molecule has 1 fully saturated rings. The number of hydrogen-bond acceptors (Lipinski definition) is 6. The predicted molar refractivity (Wildman–Crippen MR) is 102 cm³/mol. The van der Waals surface area contributed by atoms with Crippen molar-refractivity contribution in [2.45, 2.75) is 39.0 Å². The largest absolute Gasteiger partial charge is 0.496 e. The van der Waals surface area contributed by atoms with E-state index in [1.807, 2.05) is 17.7 Å². The van der Waals surface area contributed by atoms with Gasteiger partial charge in [0.25, 0.3) is 0 Å². The van der Waals surface area contributed by atoms with E-state index in [0.717, 1.165) is 56.0 Å². The van der Waals surface area contributed by atoms with Gasteiger partial charge in [0.05, 0.1) is 13.7 Å². The molecule has 2 aromatic rings. The van der Waals surface area contributed by atoms with Crippen molar-refractivity contribution in [2.75, 3.05) is 27.3 Å². The number of nitrogens with zero attached hydrogens (tertiary/aromatic N) is 4. The number of ether oxygens (including phenoxy) is 2. The summed E-state index contributed by atoms with van der Waals surface area (Å²) < 4.78 is 12.6. The standard InChI is InChI=1S/C20H30N4O3/c1-23-19(21-22-20(23)13-25)11-15-6-8-24(9-7-15)12-16-4-5-18(27-3)17(10-16)14-26-2/h4-5,10,15,25H,6-9,11-14H2,1-3H3. The number of likely N-dealkylation sites (tertiary alicyclic amines) is 1. The third-order valence-corrected chi connectivity index (χ3v) is 5.43. The summed E-state index contributed by atoms with van der Waals surface area (Å²) in [6.07, 6.45) is 3.24. The average Bonchev–Trinajstić information content (AvgIpc) is 3.03. The van der Waals surface area contributed by atoms with Gasteiger partial charge in [-0.25, -0.2) is 0 Å². The van der Waals surface area contributed by atoms with E-state index in [4.69, 9.17) is 9.47 Å². The Hall–Kier alpha value is -1.96. The van der Waals surface area contributed by atoms with Crippen LogP contribution in [0.1, 0.15) is 35.6 Å². The number of aromatic nitrogens is 3. The number of methoxy groups -OCH3 is 2. The fourth-order valence-corrected chi connectivity index (χ4v) is 3.78. The highest BCUT2D eigenvalue weighted by atomic mass is 16.5. The fourth-order valence-electron chi connectivity index (χ4n) is 3.78. The smallest absolute Gasteiger partial charge is 0.158 e. The summed E-state index contributed by atoms with van der Waals surface area (Å²) >= 11 is 0. The van der Waals surface area contributed by atoms with Crippen LogP contribution in [0.3, 0.4) is 0 Å². The van der Waals surface area contributed by atoms with E-state index in [1.165, 1.54) is 5.56 Å². The van der Waals surface area contributed by atoms with Crippen LogP contribution in [0.15, 0.2) is 18.2 Å². The van der Waals surface area contributed by atoms with Gasteiger partial charge >= 0.3 is 0 Å². The molecule has 0 unspecified atom stereocenters. The second-order valence-corrected chi connectivity index (χ2v) is 7.25. The zero-order chi connectivity index (χ0) is 19.2. The van der Waals surface area contributed by atoms with Crippen LogP contribution in [0.2, 0.25) is 0 Å². The zero-order valence-electron chi connectivity index (χ0n) is 16.5. The van der Waals surface area contributed by atoms with Crippen molar-refractivity contribution < 1.29 is 14.6 Å². The molecule has 0 saturated carbocycles. The Morgan fingerprint density at radius 1 is 1.15 bits per heavy atom. The summed E-state index contributed by atoms with van der Waals surface area (Å²) in [4.78, 5) is 2.50. The molecule has 7 heteroatoms. The zero-order valence-corrected chi connectivity index (χ0v) is 16.5. The van der Waals surface area contributed by atoms with E-state index in [-0.39, 0.29) is 6.61 Å². The molecule has 2 heterocycles. The van der Waals surface area contributed by atoms with Gasteiger partial charge < -0.3 is 19.1 Å². The van der Waals surface area contributed by atoms with E-state index in [2.05, 4.69) is 27.2 Å². The average molecular weight is 374 g/mol. The maximum absolute atomic E-state index is 9.25.